The first-order valence-corrected chi connectivity index (χ1v) is 7.35. The van der Waals surface area contributed by atoms with E-state index in [4.69, 9.17) is 9.72 Å². The lowest BCUT2D eigenvalue weighted by Crippen LogP contribution is -2.05. The van der Waals surface area contributed by atoms with Gasteiger partial charge in [-0.3, -0.25) is 0 Å². The van der Waals surface area contributed by atoms with Crippen LogP contribution < -0.4 is 5.32 Å². The van der Waals surface area contributed by atoms with E-state index in [-0.39, 0.29) is 0 Å². The zero-order chi connectivity index (χ0) is 12.1. The molecule has 0 aliphatic carbocycles. The Hall–Kier alpha value is -0.450. The second kappa shape index (κ2) is 6.47. The van der Waals surface area contributed by atoms with Gasteiger partial charge in [-0.15, -0.1) is 11.3 Å². The molecule has 0 spiro atoms. The average molecular weight is 254 g/mol. The van der Waals surface area contributed by atoms with Gasteiger partial charge in [0.05, 0.1) is 10.7 Å². The molecule has 0 radical (unpaired) electrons. The van der Waals surface area contributed by atoms with Crippen LogP contribution in [-0.4, -0.2) is 25.2 Å². The number of ether oxygens (including phenoxy) is 1. The molecule has 1 atom stereocenters. The van der Waals surface area contributed by atoms with Crippen molar-refractivity contribution in [2.75, 3.05) is 20.3 Å². The number of hydrogen-bond acceptors (Lipinski definition) is 4. The number of aromatic nitrogens is 1. The maximum absolute atomic E-state index is 5.43. The van der Waals surface area contributed by atoms with Crippen molar-refractivity contribution in [2.24, 2.45) is 5.92 Å². The zero-order valence-corrected chi connectivity index (χ0v) is 11.6. The molecule has 0 amide bonds. The summed E-state index contributed by atoms with van der Waals surface area (Å²) >= 11 is 1.88. The minimum Gasteiger partial charge on any atom is -0.381 e. The molecule has 1 saturated heterocycles. The lowest BCUT2D eigenvalue weighted by Gasteiger charge is -2.02. The highest BCUT2D eigenvalue weighted by Gasteiger charge is 2.19. The normalized spacial score (nSPS) is 20.0. The van der Waals surface area contributed by atoms with E-state index in [1.54, 1.807) is 0 Å². The van der Waals surface area contributed by atoms with Crippen molar-refractivity contribution in [1.82, 2.24) is 10.3 Å². The van der Waals surface area contributed by atoms with Gasteiger partial charge in [0.2, 0.25) is 0 Å². The summed E-state index contributed by atoms with van der Waals surface area (Å²) in [5, 5.41) is 4.54. The molecule has 0 saturated carbocycles. The van der Waals surface area contributed by atoms with Gasteiger partial charge >= 0.3 is 0 Å². The Bertz CT molecular complexity index is 322. The first kappa shape index (κ1) is 13.0. The van der Waals surface area contributed by atoms with E-state index in [1.165, 1.54) is 28.4 Å². The smallest absolute Gasteiger partial charge is 0.0935 e. The third-order valence-corrected chi connectivity index (χ3v) is 4.25. The zero-order valence-electron chi connectivity index (χ0n) is 10.8. The number of nitrogens with one attached hydrogen (secondary N) is 1. The second-order valence-corrected chi connectivity index (χ2v) is 5.86. The predicted molar refractivity (Wildman–Crippen MR) is 71.5 cm³/mol. The molecule has 1 aliphatic rings. The van der Waals surface area contributed by atoms with E-state index in [2.05, 4.69) is 12.2 Å². The molecule has 0 bridgehead atoms. The van der Waals surface area contributed by atoms with Crippen LogP contribution >= 0.6 is 11.3 Å². The number of thiazole rings is 1. The molecule has 1 unspecified atom stereocenters. The second-order valence-electron chi connectivity index (χ2n) is 4.69. The first-order valence-electron chi connectivity index (χ1n) is 6.53. The van der Waals surface area contributed by atoms with Crippen molar-refractivity contribution in [1.29, 1.82) is 0 Å². The summed E-state index contributed by atoms with van der Waals surface area (Å²) in [6, 6.07) is 0. The van der Waals surface area contributed by atoms with Crippen molar-refractivity contribution >= 4 is 11.3 Å². The predicted octanol–water partition coefficient (Wildman–Crippen LogP) is 2.39. The van der Waals surface area contributed by atoms with Crippen molar-refractivity contribution in [2.45, 2.75) is 39.2 Å². The Kier molecular flexibility index (Phi) is 4.95. The third-order valence-electron chi connectivity index (χ3n) is 3.13. The fourth-order valence-corrected chi connectivity index (χ4v) is 3.49. The molecule has 1 aromatic heterocycles. The Balaban J connectivity index is 2.03. The molecule has 1 aromatic rings. The Morgan fingerprint density at radius 2 is 2.41 bits per heavy atom. The maximum atomic E-state index is 5.43. The van der Waals surface area contributed by atoms with Gasteiger partial charge in [-0.25, -0.2) is 4.98 Å². The van der Waals surface area contributed by atoms with Crippen LogP contribution in [0.5, 0.6) is 0 Å². The third kappa shape index (κ3) is 3.50. The lowest BCUT2D eigenvalue weighted by atomic mass is 10.1. The summed E-state index contributed by atoms with van der Waals surface area (Å²) in [6.45, 7) is 5.02. The molecular formula is C13H22N2OS. The maximum Gasteiger partial charge on any atom is 0.0935 e. The van der Waals surface area contributed by atoms with Crippen LogP contribution in [0.2, 0.25) is 0 Å². The molecule has 1 fully saturated rings. The van der Waals surface area contributed by atoms with Gasteiger partial charge in [-0.05, 0) is 25.8 Å². The van der Waals surface area contributed by atoms with Crippen LogP contribution in [0.25, 0.3) is 0 Å². The van der Waals surface area contributed by atoms with Gasteiger partial charge in [-0.1, -0.05) is 13.3 Å². The monoisotopic (exact) mass is 254 g/mol. The molecule has 1 aliphatic heterocycles. The Labute approximate surface area is 108 Å². The van der Waals surface area contributed by atoms with Crippen LogP contribution in [0.1, 0.15) is 35.3 Å². The summed E-state index contributed by atoms with van der Waals surface area (Å²) in [6.07, 6.45) is 4.58. The number of hydrogen-bond donors (Lipinski definition) is 1. The quantitative estimate of drug-likeness (QED) is 0.846. The van der Waals surface area contributed by atoms with E-state index in [0.717, 1.165) is 32.6 Å². The molecular weight excluding hydrogens is 232 g/mol. The van der Waals surface area contributed by atoms with Crippen molar-refractivity contribution < 1.29 is 4.74 Å². The number of nitrogens with zero attached hydrogens (tertiary/aromatic N) is 1. The van der Waals surface area contributed by atoms with Gasteiger partial charge < -0.3 is 10.1 Å². The van der Waals surface area contributed by atoms with Gasteiger partial charge in [0, 0.05) is 31.1 Å². The highest BCUT2D eigenvalue weighted by molar-refractivity contribution is 7.11. The molecule has 96 valence electrons. The molecule has 3 nitrogen and oxygen atoms in total. The molecule has 2 heterocycles. The molecule has 2 rings (SSSR count). The molecule has 0 aromatic carbocycles. The summed E-state index contributed by atoms with van der Waals surface area (Å²) in [5.41, 5.74) is 1.31. The highest BCUT2D eigenvalue weighted by atomic mass is 32.1. The minimum atomic E-state index is 0.693. The van der Waals surface area contributed by atoms with Crippen LogP contribution in [-0.2, 0) is 24.1 Å². The van der Waals surface area contributed by atoms with Gasteiger partial charge in [0.25, 0.3) is 0 Å². The molecule has 4 heteroatoms. The topological polar surface area (TPSA) is 34.1 Å². The fourth-order valence-electron chi connectivity index (χ4n) is 2.25. The van der Waals surface area contributed by atoms with Gasteiger partial charge in [-0.2, -0.15) is 0 Å². The van der Waals surface area contributed by atoms with E-state index in [9.17, 15) is 0 Å². The average Bonchev–Trinajstić information content (AvgIpc) is 2.91. The summed E-state index contributed by atoms with van der Waals surface area (Å²) in [4.78, 5) is 6.22. The Morgan fingerprint density at radius 3 is 3.06 bits per heavy atom. The lowest BCUT2D eigenvalue weighted by molar-refractivity contribution is 0.186. The van der Waals surface area contributed by atoms with Crippen LogP contribution in [0.4, 0.5) is 0 Å². The van der Waals surface area contributed by atoms with Gasteiger partial charge in [0.15, 0.2) is 0 Å². The van der Waals surface area contributed by atoms with Crippen LogP contribution in [0.3, 0.4) is 0 Å². The van der Waals surface area contributed by atoms with Crippen molar-refractivity contribution in [3.63, 3.8) is 0 Å². The first-order chi connectivity index (χ1) is 8.33. The largest absolute Gasteiger partial charge is 0.381 e. The van der Waals surface area contributed by atoms with Crippen molar-refractivity contribution in [3.8, 4) is 0 Å². The van der Waals surface area contributed by atoms with Crippen LogP contribution in [0.15, 0.2) is 0 Å². The molecule has 1 N–H and O–H groups in total. The molecule has 17 heavy (non-hydrogen) atoms. The van der Waals surface area contributed by atoms with E-state index in [1.807, 2.05) is 18.4 Å². The minimum absolute atomic E-state index is 0.693. The van der Waals surface area contributed by atoms with Crippen molar-refractivity contribution in [3.05, 3.63) is 15.6 Å². The SMILES string of the molecule is CCCc1nc(CC2CCOC2)sc1CNC. The van der Waals surface area contributed by atoms with Gasteiger partial charge in [0.1, 0.15) is 0 Å². The van der Waals surface area contributed by atoms with Crippen LogP contribution in [0, 0.1) is 5.92 Å². The van der Waals surface area contributed by atoms with E-state index >= 15 is 0 Å². The number of rotatable bonds is 6. The summed E-state index contributed by atoms with van der Waals surface area (Å²) < 4.78 is 5.43. The summed E-state index contributed by atoms with van der Waals surface area (Å²) in [7, 11) is 2.00. The van der Waals surface area contributed by atoms with E-state index < -0.39 is 0 Å². The standard InChI is InChI=1S/C13H22N2OS/c1-3-4-11-12(8-14-2)17-13(15-11)7-10-5-6-16-9-10/h10,14H,3-9H2,1-2H3. The Morgan fingerprint density at radius 1 is 1.53 bits per heavy atom. The fraction of sp³-hybridized carbons (Fsp3) is 0.769. The van der Waals surface area contributed by atoms with E-state index in [0.29, 0.717) is 5.92 Å². The number of aryl methyl sites for hydroxylation is 1. The summed E-state index contributed by atoms with van der Waals surface area (Å²) in [5.74, 6) is 0.693. The highest BCUT2D eigenvalue weighted by Crippen LogP contribution is 2.25.